The van der Waals surface area contributed by atoms with E-state index < -0.39 is 10.0 Å². The highest BCUT2D eigenvalue weighted by molar-refractivity contribution is 7.92. The van der Waals surface area contributed by atoms with Crippen LogP contribution in [-0.4, -0.2) is 25.8 Å². The van der Waals surface area contributed by atoms with Gasteiger partial charge in [-0.3, -0.25) is 4.31 Å². The van der Waals surface area contributed by atoms with Crippen molar-refractivity contribution in [2.45, 2.75) is 32.6 Å². The van der Waals surface area contributed by atoms with Gasteiger partial charge in [-0.25, -0.2) is 8.42 Å². The smallest absolute Gasteiger partial charge is 0.235 e. The minimum absolute atomic E-state index is 0.0623. The quantitative estimate of drug-likeness (QED) is 0.912. The van der Waals surface area contributed by atoms with Gasteiger partial charge in [0.25, 0.3) is 0 Å². The van der Waals surface area contributed by atoms with E-state index in [0.717, 1.165) is 24.8 Å². The van der Waals surface area contributed by atoms with Gasteiger partial charge in [0.05, 0.1) is 11.4 Å². The summed E-state index contributed by atoms with van der Waals surface area (Å²) in [5, 5.41) is 9.91. The molecule has 1 aromatic carbocycles. The molecule has 0 atom stereocenters. The summed E-state index contributed by atoms with van der Waals surface area (Å²) in [6.07, 6.45) is 3.13. The number of anilines is 1. The Hall–Kier alpha value is -1.23. The van der Waals surface area contributed by atoms with Gasteiger partial charge in [-0.05, 0) is 30.9 Å². The van der Waals surface area contributed by atoms with Gasteiger partial charge in [-0.1, -0.05) is 25.5 Å². The first-order valence-corrected chi connectivity index (χ1v) is 7.98. The molecule has 1 heterocycles. The summed E-state index contributed by atoms with van der Waals surface area (Å²) in [5.41, 5.74) is 1.40. The second-order valence-electron chi connectivity index (χ2n) is 4.63. The number of nitrogens with zero attached hydrogens (tertiary/aromatic N) is 1. The lowest BCUT2D eigenvalue weighted by Gasteiger charge is -2.31. The SMILES string of the molecule is CCCCS(=O)(=O)N1CCCc2cccc(O)c21. The summed E-state index contributed by atoms with van der Waals surface area (Å²) in [5.74, 6) is 0.212. The molecule has 0 aliphatic carbocycles. The Morgan fingerprint density at radius 1 is 1.39 bits per heavy atom. The normalized spacial score (nSPS) is 15.5. The molecule has 0 spiro atoms. The minimum Gasteiger partial charge on any atom is -0.506 e. The number of unbranched alkanes of at least 4 members (excludes halogenated alkanes) is 1. The van der Waals surface area contributed by atoms with E-state index in [9.17, 15) is 13.5 Å². The average Bonchev–Trinajstić information content (AvgIpc) is 2.36. The van der Waals surface area contributed by atoms with Crippen LogP contribution in [0.4, 0.5) is 5.69 Å². The molecule has 0 amide bonds. The molecule has 4 nitrogen and oxygen atoms in total. The van der Waals surface area contributed by atoms with E-state index in [0.29, 0.717) is 18.7 Å². The molecule has 0 bridgehead atoms. The topological polar surface area (TPSA) is 57.6 Å². The van der Waals surface area contributed by atoms with Gasteiger partial charge in [0.2, 0.25) is 10.0 Å². The third-order valence-corrected chi connectivity index (χ3v) is 5.09. The van der Waals surface area contributed by atoms with E-state index in [-0.39, 0.29) is 11.5 Å². The van der Waals surface area contributed by atoms with Crippen LogP contribution in [0.1, 0.15) is 31.7 Å². The molecule has 18 heavy (non-hydrogen) atoms. The van der Waals surface area contributed by atoms with Crippen molar-refractivity contribution in [3.63, 3.8) is 0 Å². The van der Waals surface area contributed by atoms with Crippen molar-refractivity contribution in [3.8, 4) is 5.75 Å². The highest BCUT2D eigenvalue weighted by Crippen LogP contribution is 2.37. The van der Waals surface area contributed by atoms with Crippen molar-refractivity contribution in [2.24, 2.45) is 0 Å². The van der Waals surface area contributed by atoms with Gasteiger partial charge in [0, 0.05) is 6.54 Å². The fourth-order valence-corrected chi connectivity index (χ4v) is 4.08. The lowest BCUT2D eigenvalue weighted by atomic mass is 10.0. The van der Waals surface area contributed by atoms with Crippen molar-refractivity contribution in [3.05, 3.63) is 23.8 Å². The summed E-state index contributed by atoms with van der Waals surface area (Å²) in [6, 6.07) is 5.19. The zero-order valence-corrected chi connectivity index (χ0v) is 11.4. The Bertz CT molecular complexity index is 525. The maximum absolute atomic E-state index is 12.3. The summed E-state index contributed by atoms with van der Waals surface area (Å²) in [6.45, 7) is 2.44. The highest BCUT2D eigenvalue weighted by Gasteiger charge is 2.29. The standard InChI is InChI=1S/C13H19NO3S/c1-2-3-10-18(16,17)14-9-5-7-11-6-4-8-12(15)13(11)14/h4,6,8,15H,2-3,5,7,9-10H2,1H3. The lowest BCUT2D eigenvalue weighted by molar-refractivity contribution is 0.472. The van der Waals surface area contributed by atoms with Crippen LogP contribution in [0.15, 0.2) is 18.2 Å². The molecular weight excluding hydrogens is 250 g/mol. The van der Waals surface area contributed by atoms with E-state index >= 15 is 0 Å². The van der Waals surface area contributed by atoms with Crippen LogP contribution in [0, 0.1) is 0 Å². The van der Waals surface area contributed by atoms with Gasteiger partial charge in [0.1, 0.15) is 5.75 Å². The fraction of sp³-hybridized carbons (Fsp3) is 0.538. The minimum atomic E-state index is -3.31. The Morgan fingerprint density at radius 3 is 2.89 bits per heavy atom. The number of phenolic OH excluding ortho intramolecular Hbond substituents is 1. The van der Waals surface area contributed by atoms with Crippen LogP contribution in [0.3, 0.4) is 0 Å². The lowest BCUT2D eigenvalue weighted by Crippen LogP contribution is -2.37. The van der Waals surface area contributed by atoms with Gasteiger partial charge in [0.15, 0.2) is 0 Å². The van der Waals surface area contributed by atoms with Crippen LogP contribution in [0.2, 0.25) is 0 Å². The molecule has 2 rings (SSSR count). The van der Waals surface area contributed by atoms with Gasteiger partial charge in [-0.15, -0.1) is 0 Å². The van der Waals surface area contributed by atoms with Crippen LogP contribution < -0.4 is 4.31 Å². The number of hydrogen-bond acceptors (Lipinski definition) is 3. The van der Waals surface area contributed by atoms with Gasteiger partial charge in [-0.2, -0.15) is 0 Å². The van der Waals surface area contributed by atoms with Crippen LogP contribution >= 0.6 is 0 Å². The van der Waals surface area contributed by atoms with Crippen molar-refractivity contribution < 1.29 is 13.5 Å². The highest BCUT2D eigenvalue weighted by atomic mass is 32.2. The Kier molecular flexibility index (Phi) is 3.80. The van der Waals surface area contributed by atoms with E-state index in [1.165, 1.54) is 4.31 Å². The van der Waals surface area contributed by atoms with Crippen molar-refractivity contribution >= 4 is 15.7 Å². The number of para-hydroxylation sites is 1. The molecule has 1 aromatic rings. The molecule has 1 N–H and O–H groups in total. The number of fused-ring (bicyclic) bond motifs is 1. The third-order valence-electron chi connectivity index (χ3n) is 3.25. The maximum atomic E-state index is 12.3. The molecule has 1 aliphatic heterocycles. The van der Waals surface area contributed by atoms with Crippen LogP contribution in [0.25, 0.3) is 0 Å². The molecule has 1 aliphatic rings. The zero-order valence-electron chi connectivity index (χ0n) is 10.6. The summed E-state index contributed by atoms with van der Waals surface area (Å²) in [7, 11) is -3.31. The molecule has 5 heteroatoms. The molecule has 100 valence electrons. The monoisotopic (exact) mass is 269 g/mol. The van der Waals surface area contributed by atoms with Gasteiger partial charge < -0.3 is 5.11 Å². The number of phenols is 1. The number of benzene rings is 1. The van der Waals surface area contributed by atoms with Crippen molar-refractivity contribution in [1.29, 1.82) is 0 Å². The first-order valence-electron chi connectivity index (χ1n) is 6.37. The Balaban J connectivity index is 2.38. The fourth-order valence-electron chi connectivity index (χ4n) is 2.31. The molecular formula is C13H19NO3S. The Morgan fingerprint density at radius 2 is 2.17 bits per heavy atom. The summed E-state index contributed by atoms with van der Waals surface area (Å²) < 4.78 is 25.9. The molecule has 0 radical (unpaired) electrons. The number of hydrogen-bond donors (Lipinski definition) is 1. The van der Waals surface area contributed by atoms with Crippen LogP contribution in [0.5, 0.6) is 5.75 Å². The van der Waals surface area contributed by atoms with Gasteiger partial charge >= 0.3 is 0 Å². The average molecular weight is 269 g/mol. The number of sulfonamides is 1. The van der Waals surface area contributed by atoms with E-state index in [2.05, 4.69) is 0 Å². The number of aromatic hydroxyl groups is 1. The van der Waals surface area contributed by atoms with Crippen molar-refractivity contribution in [1.82, 2.24) is 0 Å². The van der Waals surface area contributed by atoms with E-state index in [4.69, 9.17) is 0 Å². The zero-order chi connectivity index (χ0) is 13.2. The first kappa shape index (κ1) is 13.2. The number of rotatable bonds is 4. The molecule has 0 unspecified atom stereocenters. The first-order chi connectivity index (χ1) is 8.56. The summed E-state index contributed by atoms with van der Waals surface area (Å²) >= 11 is 0. The van der Waals surface area contributed by atoms with E-state index in [1.54, 1.807) is 12.1 Å². The second kappa shape index (κ2) is 5.18. The maximum Gasteiger partial charge on any atom is 0.235 e. The molecule has 0 fully saturated rings. The summed E-state index contributed by atoms with van der Waals surface area (Å²) in [4.78, 5) is 0. The Labute approximate surface area is 108 Å². The second-order valence-corrected chi connectivity index (χ2v) is 6.64. The number of aryl methyl sites for hydroxylation is 1. The molecule has 0 saturated heterocycles. The predicted molar refractivity (Wildman–Crippen MR) is 72.5 cm³/mol. The molecule has 0 aromatic heterocycles. The predicted octanol–water partition coefficient (Wildman–Crippen LogP) is 2.27. The van der Waals surface area contributed by atoms with Crippen LogP contribution in [-0.2, 0) is 16.4 Å². The molecule has 0 saturated carbocycles. The van der Waals surface area contributed by atoms with E-state index in [1.807, 2.05) is 13.0 Å². The third kappa shape index (κ3) is 2.46. The van der Waals surface area contributed by atoms with Crippen molar-refractivity contribution in [2.75, 3.05) is 16.6 Å². The largest absolute Gasteiger partial charge is 0.506 e.